The fraction of sp³-hybridized carbons (Fsp3) is 0.118. The van der Waals surface area contributed by atoms with E-state index in [9.17, 15) is 14.7 Å². The van der Waals surface area contributed by atoms with Crippen molar-refractivity contribution in [2.24, 2.45) is 5.10 Å². The quantitative estimate of drug-likeness (QED) is 0.433. The van der Waals surface area contributed by atoms with E-state index in [4.69, 9.17) is 16.3 Å². The van der Waals surface area contributed by atoms with Crippen molar-refractivity contribution in [2.45, 2.75) is 6.92 Å². The minimum absolute atomic E-state index is 0.104. The van der Waals surface area contributed by atoms with Crippen molar-refractivity contribution in [1.82, 2.24) is 5.43 Å². The second kappa shape index (κ2) is 8.70. The number of hydrogen-bond donors (Lipinski definition) is 3. The van der Waals surface area contributed by atoms with E-state index in [0.29, 0.717) is 28.6 Å². The van der Waals surface area contributed by atoms with Crippen LogP contribution in [0.5, 0.6) is 11.5 Å². The molecular formula is C17H16ClN3O4. The number of carbonyl (C=O) groups excluding carboxylic acids is 2. The summed E-state index contributed by atoms with van der Waals surface area (Å²) in [6, 6.07) is 11.2. The van der Waals surface area contributed by atoms with Gasteiger partial charge in [0.05, 0.1) is 12.8 Å². The zero-order valence-corrected chi connectivity index (χ0v) is 14.1. The highest BCUT2D eigenvalue weighted by Crippen LogP contribution is 2.28. The minimum Gasteiger partial charge on any atom is -0.504 e. The van der Waals surface area contributed by atoms with Crippen LogP contribution in [0.25, 0.3) is 0 Å². The van der Waals surface area contributed by atoms with Gasteiger partial charge in [0.25, 0.3) is 0 Å². The zero-order valence-electron chi connectivity index (χ0n) is 13.3. The smallest absolute Gasteiger partial charge is 0.329 e. The molecule has 0 radical (unpaired) electrons. The second-order valence-electron chi connectivity index (χ2n) is 4.79. The largest absolute Gasteiger partial charge is 0.504 e. The lowest BCUT2D eigenvalue weighted by Gasteiger charge is -2.07. The molecule has 7 nitrogen and oxygen atoms in total. The molecule has 2 aromatic rings. The normalized spacial score (nSPS) is 10.5. The Morgan fingerprint density at radius 1 is 1.20 bits per heavy atom. The Bertz CT molecular complexity index is 791. The average molecular weight is 362 g/mol. The molecule has 0 spiro atoms. The van der Waals surface area contributed by atoms with E-state index in [2.05, 4.69) is 15.8 Å². The lowest BCUT2D eigenvalue weighted by atomic mass is 10.2. The van der Waals surface area contributed by atoms with Gasteiger partial charge in [0, 0.05) is 16.3 Å². The molecule has 0 heterocycles. The van der Waals surface area contributed by atoms with E-state index < -0.39 is 11.8 Å². The van der Waals surface area contributed by atoms with Crippen LogP contribution >= 0.6 is 11.6 Å². The number of aromatic hydroxyl groups is 1. The Hall–Kier alpha value is -3.06. The van der Waals surface area contributed by atoms with E-state index >= 15 is 0 Å². The standard InChI is InChI=1S/C17H16ClN3O4/c1-2-25-14-5-3-4-11(15(14)22)10-19-21-17(24)16(23)20-13-8-6-12(18)7-9-13/h3-10,22H,2H2,1H3,(H,20,23)(H,21,24)/b19-10-. The average Bonchev–Trinajstić information content (AvgIpc) is 2.60. The third-order valence-corrected chi connectivity index (χ3v) is 3.26. The van der Waals surface area contributed by atoms with Crippen LogP contribution in [0, 0.1) is 0 Å². The zero-order chi connectivity index (χ0) is 18.2. The summed E-state index contributed by atoms with van der Waals surface area (Å²) in [7, 11) is 0. The number of amides is 2. The molecule has 3 N–H and O–H groups in total. The monoisotopic (exact) mass is 361 g/mol. The molecule has 2 amide bonds. The first-order chi connectivity index (χ1) is 12.0. The summed E-state index contributed by atoms with van der Waals surface area (Å²) in [6.45, 7) is 2.19. The number of halogens is 1. The van der Waals surface area contributed by atoms with Crippen molar-refractivity contribution >= 4 is 35.3 Å². The maximum Gasteiger partial charge on any atom is 0.329 e. The second-order valence-corrected chi connectivity index (χ2v) is 5.22. The molecular weight excluding hydrogens is 346 g/mol. The molecule has 130 valence electrons. The molecule has 0 aromatic heterocycles. The number of anilines is 1. The van der Waals surface area contributed by atoms with Crippen LogP contribution < -0.4 is 15.5 Å². The number of para-hydroxylation sites is 1. The highest BCUT2D eigenvalue weighted by molar-refractivity contribution is 6.39. The minimum atomic E-state index is -0.952. The highest BCUT2D eigenvalue weighted by Gasteiger charge is 2.13. The molecule has 2 rings (SSSR count). The topological polar surface area (TPSA) is 100 Å². The van der Waals surface area contributed by atoms with Gasteiger partial charge < -0.3 is 15.2 Å². The lowest BCUT2D eigenvalue weighted by Crippen LogP contribution is -2.32. The van der Waals surface area contributed by atoms with Crippen molar-refractivity contribution in [3.63, 3.8) is 0 Å². The van der Waals surface area contributed by atoms with Crippen molar-refractivity contribution in [2.75, 3.05) is 11.9 Å². The maximum absolute atomic E-state index is 11.7. The number of benzene rings is 2. The van der Waals surface area contributed by atoms with Crippen LogP contribution in [0.4, 0.5) is 5.69 Å². The Morgan fingerprint density at radius 3 is 2.60 bits per heavy atom. The first-order valence-corrected chi connectivity index (χ1v) is 7.73. The van der Waals surface area contributed by atoms with E-state index in [1.165, 1.54) is 6.21 Å². The third-order valence-electron chi connectivity index (χ3n) is 3.01. The molecule has 0 saturated heterocycles. The fourth-order valence-electron chi connectivity index (χ4n) is 1.85. The predicted octanol–water partition coefficient (Wildman–Crippen LogP) is 2.53. The summed E-state index contributed by atoms with van der Waals surface area (Å²) < 4.78 is 5.25. The van der Waals surface area contributed by atoms with Gasteiger partial charge in [-0.05, 0) is 43.3 Å². The van der Waals surface area contributed by atoms with Crippen molar-refractivity contribution in [1.29, 1.82) is 0 Å². The number of rotatable bonds is 5. The van der Waals surface area contributed by atoms with Crippen LogP contribution in [-0.4, -0.2) is 29.7 Å². The summed E-state index contributed by atoms with van der Waals surface area (Å²) in [5.74, 6) is -1.63. The van der Waals surface area contributed by atoms with Crippen molar-refractivity contribution < 1.29 is 19.4 Å². The summed E-state index contributed by atoms with van der Waals surface area (Å²) in [4.78, 5) is 23.5. The van der Waals surface area contributed by atoms with Crippen LogP contribution in [0.2, 0.25) is 5.02 Å². The Kier molecular flexibility index (Phi) is 6.36. The Morgan fingerprint density at radius 2 is 1.92 bits per heavy atom. The van der Waals surface area contributed by atoms with Crippen molar-refractivity contribution in [3.05, 3.63) is 53.1 Å². The number of nitrogens with one attached hydrogen (secondary N) is 2. The number of phenolic OH excluding ortho intramolecular Hbond substituents is 1. The molecule has 25 heavy (non-hydrogen) atoms. The maximum atomic E-state index is 11.7. The Balaban J connectivity index is 1.95. The molecule has 0 saturated carbocycles. The van der Waals surface area contributed by atoms with Crippen molar-refractivity contribution in [3.8, 4) is 11.5 Å². The summed E-state index contributed by atoms with van der Waals surface area (Å²) in [5.41, 5.74) is 2.85. The van der Waals surface area contributed by atoms with E-state index in [1.807, 2.05) is 0 Å². The molecule has 0 fully saturated rings. The third kappa shape index (κ3) is 5.22. The van der Waals surface area contributed by atoms with Gasteiger partial charge in [0.15, 0.2) is 11.5 Å². The number of nitrogens with zero attached hydrogens (tertiary/aromatic N) is 1. The SMILES string of the molecule is CCOc1cccc(/C=N\NC(=O)C(=O)Nc2ccc(Cl)cc2)c1O. The van der Waals surface area contributed by atoms with Gasteiger partial charge in [-0.25, -0.2) is 5.43 Å². The fourth-order valence-corrected chi connectivity index (χ4v) is 1.97. The summed E-state index contributed by atoms with van der Waals surface area (Å²) in [5, 5.41) is 16.6. The highest BCUT2D eigenvalue weighted by atomic mass is 35.5. The molecule has 0 aliphatic heterocycles. The van der Waals surface area contributed by atoms with E-state index in [0.717, 1.165) is 0 Å². The Labute approximate surface area is 149 Å². The van der Waals surface area contributed by atoms with Gasteiger partial charge in [0.1, 0.15) is 0 Å². The lowest BCUT2D eigenvalue weighted by molar-refractivity contribution is -0.136. The summed E-state index contributed by atoms with van der Waals surface area (Å²) in [6.07, 6.45) is 1.21. The van der Waals surface area contributed by atoms with Gasteiger partial charge in [0.2, 0.25) is 0 Å². The van der Waals surface area contributed by atoms with Gasteiger partial charge in [-0.1, -0.05) is 17.7 Å². The molecule has 0 unspecified atom stereocenters. The molecule has 0 aliphatic carbocycles. The van der Waals surface area contributed by atoms with E-state index in [1.54, 1.807) is 49.4 Å². The van der Waals surface area contributed by atoms with Crippen LogP contribution in [0.15, 0.2) is 47.6 Å². The molecule has 0 aliphatic rings. The van der Waals surface area contributed by atoms with E-state index in [-0.39, 0.29) is 5.75 Å². The number of hydrazone groups is 1. The number of ether oxygens (including phenoxy) is 1. The number of phenols is 1. The molecule has 8 heteroatoms. The number of carbonyl (C=O) groups is 2. The predicted molar refractivity (Wildman–Crippen MR) is 95.1 cm³/mol. The number of hydrogen-bond acceptors (Lipinski definition) is 5. The van der Waals surface area contributed by atoms with Crippen LogP contribution in [-0.2, 0) is 9.59 Å². The first-order valence-electron chi connectivity index (χ1n) is 7.36. The summed E-state index contributed by atoms with van der Waals surface area (Å²) >= 11 is 5.74. The van der Waals surface area contributed by atoms with Crippen LogP contribution in [0.3, 0.4) is 0 Å². The van der Waals surface area contributed by atoms with Gasteiger partial charge in [-0.3, -0.25) is 9.59 Å². The first kappa shape index (κ1) is 18.3. The molecule has 0 bridgehead atoms. The molecule has 2 aromatic carbocycles. The van der Waals surface area contributed by atoms with Gasteiger partial charge in [-0.15, -0.1) is 0 Å². The van der Waals surface area contributed by atoms with Gasteiger partial charge >= 0.3 is 11.8 Å². The van der Waals surface area contributed by atoms with Gasteiger partial charge in [-0.2, -0.15) is 5.10 Å². The molecule has 0 atom stereocenters. The van der Waals surface area contributed by atoms with Crippen LogP contribution in [0.1, 0.15) is 12.5 Å².